The number of aliphatic hydroxyl groups excluding tert-OH is 2. The monoisotopic (exact) mass is 946 g/mol. The van der Waals surface area contributed by atoms with Gasteiger partial charge >= 0.3 is 5.97 Å². The van der Waals surface area contributed by atoms with Crippen molar-refractivity contribution >= 4 is 11.9 Å². The Labute approximate surface area is 419 Å². The van der Waals surface area contributed by atoms with Crippen molar-refractivity contribution in [1.82, 2.24) is 5.32 Å². The Hall–Kier alpha value is -1.40. The van der Waals surface area contributed by atoms with Gasteiger partial charge in [-0.05, 0) is 51.4 Å². The Kier molecular flexibility index (Phi) is 56.0. The summed E-state index contributed by atoms with van der Waals surface area (Å²) in [6, 6.07) is -0.554. The average molecular weight is 947 g/mol. The van der Waals surface area contributed by atoms with Crippen molar-refractivity contribution in [2.45, 2.75) is 353 Å². The van der Waals surface area contributed by atoms with Gasteiger partial charge in [0, 0.05) is 12.8 Å². The maximum Gasteiger partial charge on any atom is 0.305 e. The second kappa shape index (κ2) is 57.2. The topological polar surface area (TPSA) is 95.9 Å². The molecular weight excluding hydrogens is 827 g/mol. The second-order valence-electron chi connectivity index (χ2n) is 21.0. The van der Waals surface area contributed by atoms with Crippen molar-refractivity contribution in [3.63, 3.8) is 0 Å². The lowest BCUT2D eigenvalue weighted by atomic mass is 10.0. The van der Waals surface area contributed by atoms with Gasteiger partial charge in [0.2, 0.25) is 5.91 Å². The van der Waals surface area contributed by atoms with E-state index in [4.69, 9.17) is 4.74 Å². The van der Waals surface area contributed by atoms with Crippen LogP contribution in [-0.4, -0.2) is 47.4 Å². The molecule has 0 bridgehead atoms. The highest BCUT2D eigenvalue weighted by Crippen LogP contribution is 2.18. The van der Waals surface area contributed by atoms with Crippen LogP contribution in [-0.2, 0) is 14.3 Å². The van der Waals surface area contributed by atoms with Gasteiger partial charge < -0.3 is 20.3 Å². The quantitative estimate of drug-likeness (QED) is 0.0321. The number of unbranched alkanes of at least 4 members (excludes halogenated alkanes) is 44. The Morgan fingerprint density at radius 1 is 0.403 bits per heavy atom. The van der Waals surface area contributed by atoms with Gasteiger partial charge in [-0.2, -0.15) is 0 Å². The van der Waals surface area contributed by atoms with Gasteiger partial charge in [0.1, 0.15) is 0 Å². The van der Waals surface area contributed by atoms with E-state index in [9.17, 15) is 19.8 Å². The van der Waals surface area contributed by atoms with E-state index < -0.39 is 12.1 Å². The number of aliphatic hydroxyl groups is 2. The summed E-state index contributed by atoms with van der Waals surface area (Å²) in [5.41, 5.74) is 0. The third kappa shape index (κ3) is 53.8. The van der Waals surface area contributed by atoms with E-state index in [1.165, 1.54) is 244 Å². The number of carbonyl (C=O) groups excluding carboxylic acids is 2. The minimum Gasteiger partial charge on any atom is -0.466 e. The Morgan fingerprint density at radius 2 is 0.701 bits per heavy atom. The summed E-state index contributed by atoms with van der Waals surface area (Å²) in [4.78, 5) is 24.5. The molecule has 3 N–H and O–H groups in total. The van der Waals surface area contributed by atoms with Crippen molar-refractivity contribution in [3.8, 4) is 0 Å². The van der Waals surface area contributed by atoms with Crippen LogP contribution >= 0.6 is 0 Å². The fraction of sp³-hybridized carbons (Fsp3) is 0.934. The maximum absolute atomic E-state index is 12.5. The van der Waals surface area contributed by atoms with Gasteiger partial charge in [-0.15, -0.1) is 0 Å². The largest absolute Gasteiger partial charge is 0.466 e. The molecule has 1 amide bonds. The molecule has 0 aliphatic heterocycles. The molecule has 0 aliphatic carbocycles. The first-order valence-electron chi connectivity index (χ1n) is 30.4. The third-order valence-electron chi connectivity index (χ3n) is 14.3. The summed E-state index contributed by atoms with van der Waals surface area (Å²) in [6.07, 6.45) is 67.8. The third-order valence-corrected chi connectivity index (χ3v) is 14.3. The van der Waals surface area contributed by atoms with Crippen LogP contribution < -0.4 is 5.32 Å². The first kappa shape index (κ1) is 65.6. The Bertz CT molecular complexity index is 1000. The second-order valence-corrected chi connectivity index (χ2v) is 21.0. The van der Waals surface area contributed by atoms with Crippen LogP contribution in [0.1, 0.15) is 341 Å². The summed E-state index contributed by atoms with van der Waals surface area (Å²) in [7, 11) is 0. The number of nitrogens with one attached hydrogen (secondary N) is 1. The summed E-state index contributed by atoms with van der Waals surface area (Å²) in [5.74, 6) is -0.0493. The molecule has 0 saturated carbocycles. The van der Waals surface area contributed by atoms with E-state index in [-0.39, 0.29) is 18.5 Å². The molecule has 2 unspecified atom stereocenters. The van der Waals surface area contributed by atoms with Crippen molar-refractivity contribution in [2.75, 3.05) is 13.2 Å². The molecule has 6 heteroatoms. The number of hydrogen-bond donors (Lipinski definition) is 3. The zero-order chi connectivity index (χ0) is 48.6. The van der Waals surface area contributed by atoms with E-state index in [2.05, 4.69) is 31.3 Å². The molecule has 0 heterocycles. The predicted molar refractivity (Wildman–Crippen MR) is 292 cm³/mol. The molecule has 67 heavy (non-hydrogen) atoms. The lowest BCUT2D eigenvalue weighted by Gasteiger charge is -2.22. The highest BCUT2D eigenvalue weighted by atomic mass is 16.5. The number of hydrogen-bond acceptors (Lipinski definition) is 5. The molecule has 0 aromatic rings. The smallest absolute Gasteiger partial charge is 0.305 e. The number of ether oxygens (including phenoxy) is 1. The number of carbonyl (C=O) groups is 2. The predicted octanol–water partition coefficient (Wildman–Crippen LogP) is 18.9. The van der Waals surface area contributed by atoms with E-state index in [0.717, 1.165) is 64.2 Å². The van der Waals surface area contributed by atoms with E-state index in [0.29, 0.717) is 25.9 Å². The molecule has 0 saturated heterocycles. The Balaban J connectivity index is 3.46. The molecule has 398 valence electrons. The van der Waals surface area contributed by atoms with Crippen LogP contribution in [0.4, 0.5) is 0 Å². The van der Waals surface area contributed by atoms with Crippen molar-refractivity contribution in [3.05, 3.63) is 12.2 Å². The van der Waals surface area contributed by atoms with Crippen LogP contribution in [0.25, 0.3) is 0 Å². The standard InChI is InChI=1S/C61H119NO5/c1-3-5-7-9-11-13-15-17-18-19-20-21-22-23-24-27-30-33-37-41-45-49-53-59(64)58(57-63)62-60(65)54-50-46-42-38-34-31-28-25-26-29-32-36-40-44-48-52-56-67-61(66)55-51-47-43-39-35-16-14-12-10-8-6-4-2/h25,28,58-59,63-64H,3-24,26-27,29-57H2,1-2H3,(H,62,65)/b28-25-. The highest BCUT2D eigenvalue weighted by Gasteiger charge is 2.20. The van der Waals surface area contributed by atoms with Gasteiger partial charge in [-0.3, -0.25) is 9.59 Å². The molecule has 2 atom stereocenters. The van der Waals surface area contributed by atoms with Crippen LogP contribution in [0.5, 0.6) is 0 Å². The fourth-order valence-corrected chi connectivity index (χ4v) is 9.64. The first-order valence-corrected chi connectivity index (χ1v) is 30.4. The molecule has 0 aliphatic rings. The highest BCUT2D eigenvalue weighted by molar-refractivity contribution is 5.76. The molecule has 0 rings (SSSR count). The number of allylic oxidation sites excluding steroid dienone is 2. The molecule has 6 nitrogen and oxygen atoms in total. The number of esters is 1. The summed E-state index contributed by atoms with van der Waals surface area (Å²) in [6.45, 7) is 4.95. The summed E-state index contributed by atoms with van der Waals surface area (Å²) < 4.78 is 5.46. The lowest BCUT2D eigenvalue weighted by molar-refractivity contribution is -0.143. The zero-order valence-corrected chi connectivity index (χ0v) is 45.4. The van der Waals surface area contributed by atoms with Crippen LogP contribution in [0.2, 0.25) is 0 Å². The first-order chi connectivity index (χ1) is 33.0. The molecule has 0 aromatic heterocycles. The summed E-state index contributed by atoms with van der Waals surface area (Å²) in [5, 5.41) is 23.4. The van der Waals surface area contributed by atoms with Crippen LogP contribution in [0, 0.1) is 0 Å². The number of rotatable bonds is 57. The maximum atomic E-state index is 12.5. The van der Waals surface area contributed by atoms with Crippen molar-refractivity contribution in [1.29, 1.82) is 0 Å². The molecule has 0 aromatic carbocycles. The minimum atomic E-state index is -0.675. The van der Waals surface area contributed by atoms with E-state index >= 15 is 0 Å². The fourth-order valence-electron chi connectivity index (χ4n) is 9.64. The van der Waals surface area contributed by atoms with E-state index in [1.54, 1.807) is 0 Å². The molecular formula is C61H119NO5. The van der Waals surface area contributed by atoms with Gasteiger partial charge in [-0.1, -0.05) is 289 Å². The van der Waals surface area contributed by atoms with Gasteiger partial charge in [0.05, 0.1) is 25.4 Å². The average Bonchev–Trinajstić information content (AvgIpc) is 3.33. The van der Waals surface area contributed by atoms with Gasteiger partial charge in [0.25, 0.3) is 0 Å². The normalized spacial score (nSPS) is 12.6. The van der Waals surface area contributed by atoms with Crippen LogP contribution in [0.15, 0.2) is 12.2 Å². The molecule has 0 spiro atoms. The SMILES string of the molecule is CCCCCCCCCCCCCCCCCCCCCCCCC(O)C(CO)NC(=O)CCCCCCC/C=C\CCCCCCCCCOC(=O)CCCCCCCCCCCCCC. The van der Waals surface area contributed by atoms with E-state index in [1.807, 2.05) is 0 Å². The molecule has 0 fully saturated rings. The van der Waals surface area contributed by atoms with Crippen molar-refractivity contribution in [2.24, 2.45) is 0 Å². The van der Waals surface area contributed by atoms with Crippen LogP contribution in [0.3, 0.4) is 0 Å². The van der Waals surface area contributed by atoms with Gasteiger partial charge in [-0.25, -0.2) is 0 Å². The number of amides is 1. The van der Waals surface area contributed by atoms with Gasteiger partial charge in [0.15, 0.2) is 0 Å². The minimum absolute atomic E-state index is 0.00118. The Morgan fingerprint density at radius 3 is 1.06 bits per heavy atom. The zero-order valence-electron chi connectivity index (χ0n) is 45.4. The van der Waals surface area contributed by atoms with Crippen molar-refractivity contribution < 1.29 is 24.5 Å². The summed E-state index contributed by atoms with van der Waals surface area (Å²) >= 11 is 0. The lowest BCUT2D eigenvalue weighted by Crippen LogP contribution is -2.45. The molecule has 0 radical (unpaired) electrons.